The van der Waals surface area contributed by atoms with Gasteiger partial charge in [0, 0.05) is 13.2 Å². The van der Waals surface area contributed by atoms with Gasteiger partial charge in [0.25, 0.3) is 5.91 Å². The monoisotopic (exact) mass is 317 g/mol. The average Bonchev–Trinajstić information content (AvgIpc) is 2.94. The minimum atomic E-state index is -0.404. The normalized spacial score (nSPS) is 11.4. The summed E-state index contributed by atoms with van der Waals surface area (Å²) in [4.78, 5) is 12.1. The molecule has 0 saturated heterocycles. The van der Waals surface area contributed by atoms with Gasteiger partial charge in [0.15, 0.2) is 11.4 Å². The smallest absolute Gasteiger partial charge is 0.275 e. The first kappa shape index (κ1) is 17.0. The van der Waals surface area contributed by atoms with E-state index in [-0.39, 0.29) is 23.5 Å². The zero-order valence-corrected chi connectivity index (χ0v) is 13.5. The standard InChI is InChI=1S/C17H23N3O3/c1-17(2,12-21)9-6-10-18-16(23)15-14(22)11-20(19-15)13-7-4-3-5-8-13/h3-5,7-8,11,21-22H,6,9-10,12H2,1-2H3,(H,18,23). The first-order valence-corrected chi connectivity index (χ1v) is 7.66. The summed E-state index contributed by atoms with van der Waals surface area (Å²) in [5.41, 5.74) is 0.628. The fourth-order valence-electron chi connectivity index (χ4n) is 2.17. The van der Waals surface area contributed by atoms with E-state index in [1.165, 1.54) is 10.9 Å². The Morgan fingerprint density at radius 3 is 2.65 bits per heavy atom. The Labute approximate surface area is 135 Å². The van der Waals surface area contributed by atoms with Gasteiger partial charge in [0.2, 0.25) is 0 Å². The Balaban J connectivity index is 1.94. The second kappa shape index (κ2) is 7.28. The Hall–Kier alpha value is -2.34. The Morgan fingerprint density at radius 2 is 2.00 bits per heavy atom. The summed E-state index contributed by atoms with van der Waals surface area (Å²) >= 11 is 0. The lowest BCUT2D eigenvalue weighted by Crippen LogP contribution is -2.27. The van der Waals surface area contributed by atoms with Crippen LogP contribution in [0.3, 0.4) is 0 Å². The number of para-hydroxylation sites is 1. The number of hydrogen-bond donors (Lipinski definition) is 3. The van der Waals surface area contributed by atoms with Crippen LogP contribution in [0.15, 0.2) is 36.5 Å². The van der Waals surface area contributed by atoms with Gasteiger partial charge >= 0.3 is 0 Å². The van der Waals surface area contributed by atoms with Crippen LogP contribution in [0, 0.1) is 5.41 Å². The van der Waals surface area contributed by atoms with Gasteiger partial charge in [-0.25, -0.2) is 4.68 Å². The van der Waals surface area contributed by atoms with Crippen molar-refractivity contribution >= 4 is 5.91 Å². The van der Waals surface area contributed by atoms with Gasteiger partial charge in [-0.3, -0.25) is 4.79 Å². The van der Waals surface area contributed by atoms with Crippen LogP contribution in [0.2, 0.25) is 0 Å². The first-order chi connectivity index (χ1) is 10.9. The molecule has 23 heavy (non-hydrogen) atoms. The van der Waals surface area contributed by atoms with Crippen LogP contribution in [0.4, 0.5) is 0 Å². The van der Waals surface area contributed by atoms with Gasteiger partial charge in [0.05, 0.1) is 11.9 Å². The molecule has 0 atom stereocenters. The van der Waals surface area contributed by atoms with Gasteiger partial charge in [-0.05, 0) is 30.4 Å². The van der Waals surface area contributed by atoms with Gasteiger partial charge in [-0.15, -0.1) is 0 Å². The maximum absolute atomic E-state index is 12.1. The van der Waals surface area contributed by atoms with E-state index in [1.807, 2.05) is 44.2 Å². The van der Waals surface area contributed by atoms with Gasteiger partial charge < -0.3 is 15.5 Å². The van der Waals surface area contributed by atoms with Crippen molar-refractivity contribution in [2.75, 3.05) is 13.2 Å². The highest BCUT2D eigenvalue weighted by molar-refractivity contribution is 5.94. The van der Waals surface area contributed by atoms with Crippen molar-refractivity contribution in [1.82, 2.24) is 15.1 Å². The van der Waals surface area contributed by atoms with Crippen LogP contribution in [-0.2, 0) is 0 Å². The molecule has 2 rings (SSSR count). The lowest BCUT2D eigenvalue weighted by molar-refractivity contribution is 0.0940. The van der Waals surface area contributed by atoms with Crippen LogP contribution in [0.5, 0.6) is 5.75 Å². The quantitative estimate of drug-likeness (QED) is 0.683. The van der Waals surface area contributed by atoms with Crippen molar-refractivity contribution in [2.45, 2.75) is 26.7 Å². The molecule has 3 N–H and O–H groups in total. The zero-order chi connectivity index (χ0) is 16.9. The SMILES string of the molecule is CC(C)(CO)CCCNC(=O)c1nn(-c2ccccc2)cc1O. The van der Waals surface area contributed by atoms with Crippen molar-refractivity contribution in [2.24, 2.45) is 5.41 Å². The number of hydrogen-bond acceptors (Lipinski definition) is 4. The van der Waals surface area contributed by atoms with Crippen LogP contribution < -0.4 is 5.32 Å². The molecule has 0 bridgehead atoms. The molecule has 1 aromatic heterocycles. The highest BCUT2D eigenvalue weighted by Crippen LogP contribution is 2.21. The molecule has 0 aliphatic heterocycles. The molecule has 1 amide bonds. The van der Waals surface area contributed by atoms with E-state index in [2.05, 4.69) is 10.4 Å². The minimum absolute atomic E-state index is 0.00951. The number of nitrogens with one attached hydrogen (secondary N) is 1. The third-order valence-electron chi connectivity index (χ3n) is 3.67. The molecule has 1 aromatic carbocycles. The van der Waals surface area contributed by atoms with Crippen molar-refractivity contribution in [1.29, 1.82) is 0 Å². The summed E-state index contributed by atoms with van der Waals surface area (Å²) in [6, 6.07) is 9.28. The lowest BCUT2D eigenvalue weighted by atomic mass is 9.89. The van der Waals surface area contributed by atoms with Crippen molar-refractivity contribution in [3.05, 3.63) is 42.2 Å². The maximum Gasteiger partial charge on any atom is 0.275 e. The fourth-order valence-corrected chi connectivity index (χ4v) is 2.17. The molecule has 0 unspecified atom stereocenters. The molecule has 0 aliphatic rings. The Kier molecular flexibility index (Phi) is 5.39. The molecule has 0 fully saturated rings. The van der Waals surface area contributed by atoms with Gasteiger partial charge in [-0.2, -0.15) is 5.10 Å². The highest BCUT2D eigenvalue weighted by Gasteiger charge is 2.18. The highest BCUT2D eigenvalue weighted by atomic mass is 16.3. The summed E-state index contributed by atoms with van der Waals surface area (Å²) in [5, 5.41) is 26.0. The summed E-state index contributed by atoms with van der Waals surface area (Å²) in [6.07, 6.45) is 2.97. The number of nitrogens with zero attached hydrogens (tertiary/aromatic N) is 2. The zero-order valence-electron chi connectivity index (χ0n) is 13.5. The Bertz CT molecular complexity index is 650. The van der Waals surface area contributed by atoms with E-state index >= 15 is 0 Å². The van der Waals surface area contributed by atoms with E-state index < -0.39 is 5.91 Å². The number of rotatable bonds is 7. The summed E-state index contributed by atoms with van der Waals surface area (Å²) in [7, 11) is 0. The summed E-state index contributed by atoms with van der Waals surface area (Å²) < 4.78 is 1.47. The number of aromatic hydroxyl groups is 1. The molecule has 2 aromatic rings. The molecule has 1 heterocycles. The van der Waals surface area contributed by atoms with Gasteiger partial charge in [-0.1, -0.05) is 32.0 Å². The lowest BCUT2D eigenvalue weighted by Gasteiger charge is -2.21. The largest absolute Gasteiger partial charge is 0.504 e. The number of aliphatic hydroxyl groups excluding tert-OH is 1. The molecule has 0 spiro atoms. The predicted molar refractivity (Wildman–Crippen MR) is 87.7 cm³/mol. The summed E-state index contributed by atoms with van der Waals surface area (Å²) in [6.45, 7) is 4.54. The second-order valence-corrected chi connectivity index (χ2v) is 6.32. The van der Waals surface area contributed by atoms with Crippen molar-refractivity contribution in [3.63, 3.8) is 0 Å². The molecule has 0 saturated carbocycles. The van der Waals surface area contributed by atoms with Crippen LogP contribution in [0.25, 0.3) is 5.69 Å². The van der Waals surface area contributed by atoms with E-state index in [0.29, 0.717) is 6.54 Å². The maximum atomic E-state index is 12.1. The third kappa shape index (κ3) is 4.56. The van der Waals surface area contributed by atoms with E-state index in [1.54, 1.807) is 0 Å². The molecular weight excluding hydrogens is 294 g/mol. The fraction of sp³-hybridized carbons (Fsp3) is 0.412. The molecule has 6 nitrogen and oxygen atoms in total. The summed E-state index contributed by atoms with van der Waals surface area (Å²) in [5.74, 6) is -0.555. The number of carbonyl (C=O) groups is 1. The third-order valence-corrected chi connectivity index (χ3v) is 3.67. The second-order valence-electron chi connectivity index (χ2n) is 6.32. The number of aromatic nitrogens is 2. The Morgan fingerprint density at radius 1 is 1.30 bits per heavy atom. The number of amides is 1. The van der Waals surface area contributed by atoms with Gasteiger partial charge in [0.1, 0.15) is 0 Å². The first-order valence-electron chi connectivity index (χ1n) is 7.66. The number of carbonyl (C=O) groups excluding carboxylic acids is 1. The van der Waals surface area contributed by atoms with E-state index in [9.17, 15) is 15.0 Å². The minimum Gasteiger partial charge on any atom is -0.504 e. The van der Waals surface area contributed by atoms with Crippen molar-refractivity contribution in [3.8, 4) is 11.4 Å². The number of aliphatic hydroxyl groups is 1. The van der Waals surface area contributed by atoms with Crippen molar-refractivity contribution < 1.29 is 15.0 Å². The van der Waals surface area contributed by atoms with Crippen LogP contribution >= 0.6 is 0 Å². The molecule has 124 valence electrons. The number of benzene rings is 1. The van der Waals surface area contributed by atoms with E-state index in [0.717, 1.165) is 18.5 Å². The average molecular weight is 317 g/mol. The topological polar surface area (TPSA) is 87.4 Å². The van der Waals surface area contributed by atoms with Crippen LogP contribution in [0.1, 0.15) is 37.2 Å². The van der Waals surface area contributed by atoms with Crippen LogP contribution in [-0.4, -0.2) is 39.1 Å². The molecule has 6 heteroatoms. The molecule has 0 radical (unpaired) electrons. The molecular formula is C17H23N3O3. The predicted octanol–water partition coefficient (Wildman–Crippen LogP) is 2.11. The van der Waals surface area contributed by atoms with E-state index in [4.69, 9.17) is 0 Å². The molecule has 0 aliphatic carbocycles.